The highest BCUT2D eigenvalue weighted by Crippen LogP contribution is 2.24. The van der Waals surface area contributed by atoms with Crippen molar-refractivity contribution < 1.29 is 24.2 Å². The number of carbonyl (C=O) groups is 2. The quantitative estimate of drug-likeness (QED) is 0.558. The van der Waals surface area contributed by atoms with Crippen molar-refractivity contribution in [3.8, 4) is 17.2 Å². The zero-order chi connectivity index (χ0) is 20.8. The fourth-order valence-electron chi connectivity index (χ4n) is 2.74. The van der Waals surface area contributed by atoms with Crippen LogP contribution >= 0.6 is 0 Å². The molecule has 150 valence electrons. The molecule has 3 N–H and O–H groups in total. The van der Waals surface area contributed by atoms with Crippen LogP contribution in [0.1, 0.15) is 24.2 Å². The molecule has 3 rings (SSSR count). The maximum Gasteiger partial charge on any atom is 0.279 e. The second kappa shape index (κ2) is 8.97. The predicted molar refractivity (Wildman–Crippen MR) is 109 cm³/mol. The Morgan fingerprint density at radius 3 is 2.24 bits per heavy atom. The molecule has 3 aromatic rings. The summed E-state index contributed by atoms with van der Waals surface area (Å²) < 4.78 is 10.9. The van der Waals surface area contributed by atoms with Crippen molar-refractivity contribution in [2.45, 2.75) is 20.0 Å². The first-order valence-corrected chi connectivity index (χ1v) is 9.19. The van der Waals surface area contributed by atoms with Gasteiger partial charge < -0.3 is 14.6 Å². The number of rotatable bonds is 6. The Morgan fingerprint density at radius 2 is 1.59 bits per heavy atom. The Kier molecular flexibility index (Phi) is 6.19. The van der Waals surface area contributed by atoms with Crippen LogP contribution in [0.5, 0.6) is 17.2 Å². The number of hydrogen-bond donors (Lipinski definition) is 3. The Bertz CT molecular complexity index is 1020. The van der Waals surface area contributed by atoms with E-state index in [1.807, 2.05) is 31.2 Å². The molecule has 7 nitrogen and oxygen atoms in total. The molecule has 7 heteroatoms. The number of ether oxygens (including phenoxy) is 2. The highest BCUT2D eigenvalue weighted by Gasteiger charge is 2.17. The van der Waals surface area contributed by atoms with Gasteiger partial charge in [0.05, 0.1) is 12.2 Å². The average molecular weight is 394 g/mol. The van der Waals surface area contributed by atoms with E-state index in [-0.39, 0.29) is 11.3 Å². The Balaban J connectivity index is 1.58. The topological polar surface area (TPSA) is 96.9 Å². The molecule has 0 aliphatic carbocycles. The summed E-state index contributed by atoms with van der Waals surface area (Å²) >= 11 is 0. The first kappa shape index (κ1) is 20.0. The van der Waals surface area contributed by atoms with E-state index in [9.17, 15) is 14.7 Å². The average Bonchev–Trinajstić information content (AvgIpc) is 2.72. The van der Waals surface area contributed by atoms with Crippen molar-refractivity contribution in [3.05, 3.63) is 66.2 Å². The van der Waals surface area contributed by atoms with Crippen molar-refractivity contribution in [2.24, 2.45) is 0 Å². The molecule has 0 aliphatic heterocycles. The Hall–Kier alpha value is -3.74. The molecule has 0 fully saturated rings. The number of fused-ring (bicyclic) bond motifs is 1. The van der Waals surface area contributed by atoms with Gasteiger partial charge in [0.2, 0.25) is 0 Å². The van der Waals surface area contributed by atoms with E-state index in [4.69, 9.17) is 9.47 Å². The fraction of sp³-hybridized carbons (Fsp3) is 0.182. The summed E-state index contributed by atoms with van der Waals surface area (Å²) in [7, 11) is 0. The minimum Gasteiger partial charge on any atom is -0.507 e. The summed E-state index contributed by atoms with van der Waals surface area (Å²) in [5.41, 5.74) is 4.67. The van der Waals surface area contributed by atoms with Gasteiger partial charge in [0.15, 0.2) is 6.10 Å². The van der Waals surface area contributed by atoms with Gasteiger partial charge in [-0.1, -0.05) is 24.3 Å². The monoisotopic (exact) mass is 394 g/mol. The van der Waals surface area contributed by atoms with Crippen LogP contribution in [0.2, 0.25) is 0 Å². The number of amides is 2. The van der Waals surface area contributed by atoms with Crippen LogP contribution < -0.4 is 20.3 Å². The maximum absolute atomic E-state index is 12.4. The highest BCUT2D eigenvalue weighted by molar-refractivity contribution is 6.02. The van der Waals surface area contributed by atoms with Gasteiger partial charge in [0.1, 0.15) is 17.2 Å². The zero-order valence-corrected chi connectivity index (χ0v) is 16.1. The molecule has 1 unspecified atom stereocenters. The van der Waals surface area contributed by atoms with Gasteiger partial charge >= 0.3 is 0 Å². The molecule has 0 spiro atoms. The first-order chi connectivity index (χ1) is 14.0. The summed E-state index contributed by atoms with van der Waals surface area (Å²) in [6.07, 6.45) is -0.849. The summed E-state index contributed by atoms with van der Waals surface area (Å²) in [6.45, 7) is 4.01. The summed E-state index contributed by atoms with van der Waals surface area (Å²) in [6, 6.07) is 17.3. The standard InChI is InChI=1S/C22H22N2O5/c1-3-28-17-8-10-18(11-9-17)29-14(2)21(26)23-24-22(27)19-12-15-6-4-5-7-16(15)13-20(19)25/h4-14,25H,3H2,1-2H3,(H,23,26)(H,24,27). The van der Waals surface area contributed by atoms with Gasteiger partial charge in [0, 0.05) is 0 Å². The number of phenolic OH excluding ortho intramolecular Hbond substituents is 1. The Labute approximate surface area is 168 Å². The number of aromatic hydroxyl groups is 1. The molecule has 29 heavy (non-hydrogen) atoms. The van der Waals surface area contributed by atoms with Crippen LogP contribution in [0.15, 0.2) is 60.7 Å². The molecule has 3 aromatic carbocycles. The van der Waals surface area contributed by atoms with Gasteiger partial charge in [-0.25, -0.2) is 0 Å². The van der Waals surface area contributed by atoms with Gasteiger partial charge in [-0.15, -0.1) is 0 Å². The van der Waals surface area contributed by atoms with Crippen molar-refractivity contribution in [2.75, 3.05) is 6.61 Å². The lowest BCUT2D eigenvalue weighted by molar-refractivity contribution is -0.128. The minimum absolute atomic E-state index is 0.0593. The lowest BCUT2D eigenvalue weighted by Gasteiger charge is -2.16. The molecule has 0 heterocycles. The van der Waals surface area contributed by atoms with Crippen molar-refractivity contribution >= 4 is 22.6 Å². The third kappa shape index (κ3) is 4.95. The van der Waals surface area contributed by atoms with Crippen LogP contribution in [0.4, 0.5) is 0 Å². The number of carbonyl (C=O) groups excluding carboxylic acids is 2. The molecule has 0 radical (unpaired) electrons. The molecule has 0 bridgehead atoms. The third-order valence-electron chi connectivity index (χ3n) is 4.22. The van der Waals surface area contributed by atoms with Crippen molar-refractivity contribution in [1.82, 2.24) is 10.9 Å². The number of nitrogens with one attached hydrogen (secondary N) is 2. The molecular formula is C22H22N2O5. The SMILES string of the molecule is CCOc1ccc(OC(C)C(=O)NNC(=O)c2cc3ccccc3cc2O)cc1. The lowest BCUT2D eigenvalue weighted by atomic mass is 10.1. The number of phenols is 1. The van der Waals surface area contributed by atoms with Gasteiger partial charge in [0.25, 0.3) is 11.8 Å². The van der Waals surface area contributed by atoms with Crippen LogP contribution in [0.25, 0.3) is 10.8 Å². The molecule has 2 amide bonds. The predicted octanol–water partition coefficient (Wildman–Crippen LogP) is 3.17. The van der Waals surface area contributed by atoms with E-state index in [0.29, 0.717) is 18.1 Å². The van der Waals surface area contributed by atoms with Crippen LogP contribution in [-0.4, -0.2) is 29.6 Å². The van der Waals surface area contributed by atoms with E-state index < -0.39 is 17.9 Å². The lowest BCUT2D eigenvalue weighted by Crippen LogP contribution is -2.47. The van der Waals surface area contributed by atoms with E-state index in [2.05, 4.69) is 10.9 Å². The summed E-state index contributed by atoms with van der Waals surface area (Å²) in [5.74, 6) is -0.134. The smallest absolute Gasteiger partial charge is 0.279 e. The second-order valence-electron chi connectivity index (χ2n) is 6.32. The molecule has 1 atom stereocenters. The first-order valence-electron chi connectivity index (χ1n) is 9.19. The number of hydrazine groups is 1. The van der Waals surface area contributed by atoms with Gasteiger partial charge in [-0.05, 0) is 61.0 Å². The summed E-state index contributed by atoms with van der Waals surface area (Å²) in [5, 5.41) is 11.7. The summed E-state index contributed by atoms with van der Waals surface area (Å²) in [4.78, 5) is 24.6. The number of benzene rings is 3. The van der Waals surface area contributed by atoms with Crippen molar-refractivity contribution in [1.29, 1.82) is 0 Å². The van der Waals surface area contributed by atoms with Crippen LogP contribution in [0, 0.1) is 0 Å². The zero-order valence-electron chi connectivity index (χ0n) is 16.1. The van der Waals surface area contributed by atoms with E-state index in [1.54, 1.807) is 37.3 Å². The second-order valence-corrected chi connectivity index (χ2v) is 6.32. The molecule has 0 saturated heterocycles. The normalized spacial score (nSPS) is 11.5. The molecular weight excluding hydrogens is 372 g/mol. The maximum atomic E-state index is 12.4. The van der Waals surface area contributed by atoms with E-state index in [0.717, 1.165) is 10.8 Å². The Morgan fingerprint density at radius 1 is 0.966 bits per heavy atom. The molecule has 0 aromatic heterocycles. The minimum atomic E-state index is -0.849. The number of hydrogen-bond acceptors (Lipinski definition) is 5. The molecule has 0 saturated carbocycles. The fourth-order valence-corrected chi connectivity index (χ4v) is 2.74. The third-order valence-corrected chi connectivity index (χ3v) is 4.22. The van der Waals surface area contributed by atoms with Crippen LogP contribution in [-0.2, 0) is 4.79 Å². The van der Waals surface area contributed by atoms with Gasteiger partial charge in [-0.2, -0.15) is 0 Å². The largest absolute Gasteiger partial charge is 0.507 e. The van der Waals surface area contributed by atoms with Crippen LogP contribution in [0.3, 0.4) is 0 Å². The van der Waals surface area contributed by atoms with E-state index >= 15 is 0 Å². The van der Waals surface area contributed by atoms with E-state index in [1.165, 1.54) is 6.07 Å². The molecule has 0 aliphatic rings. The highest BCUT2D eigenvalue weighted by atomic mass is 16.5. The van der Waals surface area contributed by atoms with Crippen molar-refractivity contribution in [3.63, 3.8) is 0 Å². The van der Waals surface area contributed by atoms with Gasteiger partial charge in [-0.3, -0.25) is 20.4 Å².